The molecule has 0 spiro atoms. The fourth-order valence-corrected chi connectivity index (χ4v) is 13.8. The van der Waals surface area contributed by atoms with Gasteiger partial charge in [0.2, 0.25) is 0 Å². The summed E-state index contributed by atoms with van der Waals surface area (Å²) in [5, 5.41) is 5.65. The van der Waals surface area contributed by atoms with Crippen LogP contribution in [0.1, 0.15) is 0 Å². The van der Waals surface area contributed by atoms with Gasteiger partial charge in [0.15, 0.2) is 5.82 Å². The van der Waals surface area contributed by atoms with Crippen LogP contribution >= 0.6 is 15.8 Å². The van der Waals surface area contributed by atoms with E-state index >= 15 is 0 Å². The Morgan fingerprint density at radius 2 is 0.735 bits per heavy atom. The predicted molar refractivity (Wildman–Crippen MR) is 203 cm³/mol. The average molecular weight is 693 g/mol. The van der Waals surface area contributed by atoms with E-state index in [4.69, 9.17) is 18.9 Å². The molecule has 4 aromatic rings. The largest absolute Gasteiger partial charge is 0.461 e. The number of ether oxygens (including phenoxy) is 4. The molecule has 0 saturated carbocycles. The number of hydrogen-bond donors (Lipinski definition) is 0. The summed E-state index contributed by atoms with van der Waals surface area (Å²) in [4.78, 5) is 9.61. The van der Waals surface area contributed by atoms with Crippen molar-refractivity contribution in [2.45, 2.75) is 0 Å². The molecule has 0 radical (unpaired) electrons. The molecule has 2 atom stereocenters. The molecular weight excluding hydrogens is 650 g/mol. The Morgan fingerprint density at radius 1 is 0.388 bits per heavy atom. The van der Waals surface area contributed by atoms with Crippen molar-refractivity contribution in [3.8, 4) is 0 Å². The van der Waals surface area contributed by atoms with Crippen molar-refractivity contribution < 1.29 is 18.9 Å². The van der Waals surface area contributed by atoms with Crippen molar-refractivity contribution in [1.82, 2.24) is 0 Å². The maximum Gasteiger partial charge on any atom is 0.322 e. The van der Waals surface area contributed by atoms with Crippen LogP contribution in [0.2, 0.25) is 0 Å². The summed E-state index contributed by atoms with van der Waals surface area (Å²) in [5.41, 5.74) is 4.91. The van der Waals surface area contributed by atoms with E-state index in [2.05, 4.69) is 117 Å². The first-order chi connectivity index (χ1) is 24.3. The molecule has 10 heteroatoms. The molecule has 252 valence electrons. The smallest absolute Gasteiger partial charge is 0.322 e. The Morgan fingerprint density at radius 3 is 1.10 bits per heavy atom. The third kappa shape index (κ3) is 6.25. The van der Waals surface area contributed by atoms with Crippen molar-refractivity contribution in [2.75, 3.05) is 104 Å². The van der Waals surface area contributed by atoms with E-state index in [9.17, 15) is 0 Å². The molecule has 12 rings (SSSR count). The Balaban J connectivity index is 1.14. The van der Waals surface area contributed by atoms with E-state index in [1.165, 1.54) is 44.0 Å². The SMILES string of the molecule is c1cc(P2CP(c3ccc(N4CCOCC4)cc3)c3ccc(cc3)N3CCOC4=C3N(CCO4)c3ccc2cc3)ccc1N1CCOCC1. The molecule has 8 aliphatic heterocycles. The van der Waals surface area contributed by atoms with Crippen LogP contribution in [-0.4, -0.2) is 84.8 Å². The third-order valence-corrected chi connectivity index (χ3v) is 16.0. The maximum atomic E-state index is 6.08. The second kappa shape index (κ2) is 13.8. The van der Waals surface area contributed by atoms with E-state index in [0.717, 1.165) is 77.4 Å². The van der Waals surface area contributed by atoms with E-state index in [0.29, 0.717) is 19.2 Å². The highest BCUT2D eigenvalue weighted by atomic mass is 31.2. The molecule has 0 N–H and O–H groups in total. The van der Waals surface area contributed by atoms with E-state index in [1.807, 2.05) is 0 Å². The second-order valence-electron chi connectivity index (χ2n) is 12.9. The van der Waals surface area contributed by atoms with Gasteiger partial charge in [-0.15, -0.1) is 0 Å². The first kappa shape index (κ1) is 31.2. The minimum atomic E-state index is -0.655. The quantitative estimate of drug-likeness (QED) is 0.286. The van der Waals surface area contributed by atoms with Gasteiger partial charge in [0.1, 0.15) is 13.2 Å². The molecule has 2 unspecified atom stereocenters. The van der Waals surface area contributed by atoms with Crippen LogP contribution < -0.4 is 40.8 Å². The number of hydrogen-bond acceptors (Lipinski definition) is 8. The lowest BCUT2D eigenvalue weighted by molar-refractivity contribution is 0.0177. The van der Waals surface area contributed by atoms with Gasteiger partial charge in [0, 0.05) is 54.8 Å². The highest BCUT2D eigenvalue weighted by Crippen LogP contribution is 2.50. The van der Waals surface area contributed by atoms with Crippen molar-refractivity contribution in [3.63, 3.8) is 0 Å². The maximum absolute atomic E-state index is 6.08. The molecule has 0 aromatic heterocycles. The summed E-state index contributed by atoms with van der Waals surface area (Å²) in [6.45, 7) is 9.70. The monoisotopic (exact) mass is 692 g/mol. The summed E-state index contributed by atoms with van der Waals surface area (Å²) in [5.74, 6) is 2.71. The Hall–Kier alpha value is -3.80. The lowest BCUT2D eigenvalue weighted by Crippen LogP contribution is -2.46. The molecule has 2 fully saturated rings. The van der Waals surface area contributed by atoms with Crippen LogP contribution in [0, 0.1) is 0 Å². The average Bonchev–Trinajstić information content (AvgIpc) is 3.19. The zero-order valence-corrected chi connectivity index (χ0v) is 29.5. The normalized spacial score (nSPS) is 22.4. The Labute approximate surface area is 291 Å². The molecular formula is C39H42N4O4P2. The van der Waals surface area contributed by atoms with Crippen LogP contribution in [0.4, 0.5) is 22.7 Å². The summed E-state index contributed by atoms with van der Waals surface area (Å²) < 4.78 is 23.4. The van der Waals surface area contributed by atoms with Crippen LogP contribution in [0.15, 0.2) is 109 Å². The molecule has 8 aliphatic rings. The fourth-order valence-electron chi connectivity index (χ4n) is 7.43. The topological polar surface area (TPSA) is 49.9 Å². The van der Waals surface area contributed by atoms with Crippen molar-refractivity contribution in [2.24, 2.45) is 0 Å². The molecule has 0 amide bonds. The van der Waals surface area contributed by atoms with Gasteiger partial charge in [0.05, 0.1) is 39.5 Å². The van der Waals surface area contributed by atoms with Gasteiger partial charge in [-0.1, -0.05) is 48.5 Å². The van der Waals surface area contributed by atoms with Gasteiger partial charge >= 0.3 is 5.95 Å². The molecule has 0 aliphatic carbocycles. The molecule has 8 heterocycles. The third-order valence-electron chi connectivity index (χ3n) is 10.1. The number of anilines is 4. The van der Waals surface area contributed by atoms with Crippen LogP contribution in [0.25, 0.3) is 0 Å². The highest BCUT2D eigenvalue weighted by Gasteiger charge is 2.34. The van der Waals surface area contributed by atoms with E-state index in [1.54, 1.807) is 0 Å². The molecule has 4 bridgehead atoms. The van der Waals surface area contributed by atoms with Crippen molar-refractivity contribution >= 4 is 59.8 Å². The summed E-state index contributed by atoms with van der Waals surface area (Å²) in [7, 11) is -1.31. The first-order valence-corrected chi connectivity index (χ1v) is 20.5. The van der Waals surface area contributed by atoms with Gasteiger partial charge in [-0.3, -0.25) is 0 Å². The van der Waals surface area contributed by atoms with Gasteiger partial charge in [0.25, 0.3) is 0 Å². The zero-order chi connectivity index (χ0) is 32.6. The second-order valence-corrected chi connectivity index (χ2v) is 17.8. The lowest BCUT2D eigenvalue weighted by Gasteiger charge is -2.42. The number of morpholine rings is 2. The van der Waals surface area contributed by atoms with Crippen LogP contribution in [0.5, 0.6) is 0 Å². The van der Waals surface area contributed by atoms with Crippen molar-refractivity contribution in [3.05, 3.63) is 109 Å². The van der Waals surface area contributed by atoms with E-state index < -0.39 is 15.8 Å². The number of rotatable bonds is 4. The molecule has 4 aromatic carbocycles. The van der Waals surface area contributed by atoms with Gasteiger partial charge in [-0.05, 0) is 85.6 Å². The van der Waals surface area contributed by atoms with Gasteiger partial charge in [-0.25, -0.2) is 0 Å². The van der Waals surface area contributed by atoms with Crippen molar-refractivity contribution in [1.29, 1.82) is 0 Å². The van der Waals surface area contributed by atoms with Gasteiger partial charge < -0.3 is 38.5 Å². The zero-order valence-electron chi connectivity index (χ0n) is 27.7. The molecule has 2 saturated heterocycles. The minimum Gasteiger partial charge on any atom is -0.461 e. The Kier molecular flexibility index (Phi) is 8.81. The summed E-state index contributed by atoms with van der Waals surface area (Å²) >= 11 is 0. The standard InChI is InChI=1S/C39H42N4O4P2/c1-9-34(10-2-30(1)40-17-23-44-24-18-40)48-29-49(35-11-3-31(4-12-35)41-19-25-45-26-20-41)37-15-7-33(8-16-37)43-22-28-47-39-38(43)42(21-27-46-39)32-5-13-36(48)14-6-32/h1-16H,17-29H2. The van der Waals surface area contributed by atoms with Gasteiger partial charge in [-0.2, -0.15) is 0 Å². The summed E-state index contributed by atoms with van der Waals surface area (Å²) in [6, 6.07) is 37.6. The lowest BCUT2D eigenvalue weighted by atomic mass is 10.2. The van der Waals surface area contributed by atoms with Crippen LogP contribution in [-0.2, 0) is 18.9 Å². The molecule has 49 heavy (non-hydrogen) atoms. The predicted octanol–water partition coefficient (Wildman–Crippen LogP) is 4.70. The molecule has 8 nitrogen and oxygen atoms in total. The fraction of sp³-hybridized carbons (Fsp3) is 0.333. The number of nitrogens with zero attached hydrogens (tertiary/aromatic N) is 4. The first-order valence-electron chi connectivity index (χ1n) is 17.4. The Bertz CT molecular complexity index is 1650. The van der Waals surface area contributed by atoms with Crippen LogP contribution in [0.3, 0.4) is 0 Å². The highest BCUT2D eigenvalue weighted by molar-refractivity contribution is 7.88. The number of benzene rings is 4. The van der Waals surface area contributed by atoms with E-state index in [-0.39, 0.29) is 0 Å². The summed E-state index contributed by atoms with van der Waals surface area (Å²) in [6.07, 6.45) is 0. The minimum absolute atomic E-state index is 0.601.